The molecule has 25 heavy (non-hydrogen) atoms. The summed E-state index contributed by atoms with van der Waals surface area (Å²) in [5, 5.41) is 0. The largest absolute Gasteiger partial charge is 0.250 e. The maximum Gasteiger partial charge on any atom is 0.178 e. The van der Waals surface area contributed by atoms with Gasteiger partial charge in [0.15, 0.2) is 5.82 Å². The second-order valence-corrected chi connectivity index (χ2v) is 6.86. The molecule has 2 heterocycles. The highest BCUT2D eigenvalue weighted by Gasteiger charge is 2.19. The van der Waals surface area contributed by atoms with Crippen LogP contribution in [0, 0.1) is 13.8 Å². The van der Waals surface area contributed by atoms with Crippen molar-refractivity contribution in [2.24, 2.45) is 0 Å². The Morgan fingerprint density at radius 2 is 1.60 bits per heavy atom. The summed E-state index contributed by atoms with van der Waals surface area (Å²) in [5.41, 5.74) is 7.98. The predicted molar refractivity (Wildman–Crippen MR) is 101 cm³/mol. The molecule has 2 aromatic heterocycles. The zero-order chi connectivity index (χ0) is 17.2. The van der Waals surface area contributed by atoms with Crippen LogP contribution in [0.4, 0.5) is 0 Å². The standard InChI is InChI=1S/C22H23N3/c1-15-9-6-7-11-17(15)21-18-12-4-3-5-13-19(18)24-22(25-21)20-14-8-10-16(2)23-20/h6-11,14H,3-5,12-13H2,1-2H3. The lowest BCUT2D eigenvalue weighted by Crippen LogP contribution is -2.06. The third-order valence-corrected chi connectivity index (χ3v) is 4.95. The minimum Gasteiger partial charge on any atom is -0.250 e. The number of hydrogen-bond donors (Lipinski definition) is 0. The van der Waals surface area contributed by atoms with Crippen molar-refractivity contribution in [3.8, 4) is 22.8 Å². The molecule has 0 amide bonds. The van der Waals surface area contributed by atoms with Crippen molar-refractivity contribution in [3.05, 3.63) is 65.0 Å². The van der Waals surface area contributed by atoms with Crippen LogP contribution in [0.5, 0.6) is 0 Å². The lowest BCUT2D eigenvalue weighted by Gasteiger charge is -2.15. The highest BCUT2D eigenvalue weighted by molar-refractivity contribution is 5.70. The topological polar surface area (TPSA) is 38.7 Å². The SMILES string of the molecule is Cc1cccc(-c2nc3c(c(-c4ccccc4C)n2)CCCCC3)n1. The molecule has 0 saturated carbocycles. The molecule has 0 N–H and O–H groups in total. The van der Waals surface area contributed by atoms with Gasteiger partial charge in [0.2, 0.25) is 0 Å². The zero-order valence-corrected chi connectivity index (χ0v) is 14.9. The number of fused-ring (bicyclic) bond motifs is 1. The minimum absolute atomic E-state index is 0.752. The van der Waals surface area contributed by atoms with Gasteiger partial charge in [-0.15, -0.1) is 0 Å². The fourth-order valence-electron chi connectivity index (χ4n) is 3.61. The lowest BCUT2D eigenvalue weighted by molar-refractivity contribution is 0.709. The normalized spacial score (nSPS) is 14.0. The van der Waals surface area contributed by atoms with Crippen LogP contribution in [0.3, 0.4) is 0 Å². The summed E-state index contributed by atoms with van der Waals surface area (Å²) in [6.45, 7) is 4.17. The van der Waals surface area contributed by atoms with Gasteiger partial charge >= 0.3 is 0 Å². The van der Waals surface area contributed by atoms with E-state index in [1.54, 1.807) is 0 Å². The molecule has 0 unspecified atom stereocenters. The van der Waals surface area contributed by atoms with E-state index in [2.05, 4.69) is 36.2 Å². The molecule has 3 aromatic rings. The van der Waals surface area contributed by atoms with Crippen molar-refractivity contribution in [1.29, 1.82) is 0 Å². The van der Waals surface area contributed by atoms with Gasteiger partial charge in [0.05, 0.1) is 5.69 Å². The van der Waals surface area contributed by atoms with E-state index in [4.69, 9.17) is 9.97 Å². The van der Waals surface area contributed by atoms with Gasteiger partial charge < -0.3 is 0 Å². The summed E-state index contributed by atoms with van der Waals surface area (Å²) in [6.07, 6.45) is 5.80. The smallest absolute Gasteiger partial charge is 0.178 e. The number of benzene rings is 1. The van der Waals surface area contributed by atoms with E-state index in [9.17, 15) is 0 Å². The van der Waals surface area contributed by atoms with Gasteiger partial charge in [0.25, 0.3) is 0 Å². The molecule has 0 fully saturated rings. The van der Waals surface area contributed by atoms with Crippen LogP contribution in [-0.2, 0) is 12.8 Å². The van der Waals surface area contributed by atoms with E-state index in [1.165, 1.54) is 41.6 Å². The molecule has 1 aromatic carbocycles. The molecule has 0 radical (unpaired) electrons. The first-order chi connectivity index (χ1) is 12.2. The van der Waals surface area contributed by atoms with E-state index in [-0.39, 0.29) is 0 Å². The van der Waals surface area contributed by atoms with Crippen LogP contribution in [0.25, 0.3) is 22.8 Å². The minimum atomic E-state index is 0.752. The summed E-state index contributed by atoms with van der Waals surface area (Å²) >= 11 is 0. The van der Waals surface area contributed by atoms with Crippen LogP contribution in [-0.4, -0.2) is 15.0 Å². The zero-order valence-electron chi connectivity index (χ0n) is 14.9. The monoisotopic (exact) mass is 329 g/mol. The molecule has 0 saturated heterocycles. The van der Waals surface area contributed by atoms with E-state index in [1.807, 2.05) is 25.1 Å². The Morgan fingerprint density at radius 3 is 2.44 bits per heavy atom. The first-order valence-electron chi connectivity index (χ1n) is 9.12. The number of hydrogen-bond acceptors (Lipinski definition) is 3. The Morgan fingerprint density at radius 1 is 0.760 bits per heavy atom. The summed E-state index contributed by atoms with van der Waals surface area (Å²) in [6, 6.07) is 14.6. The Balaban J connectivity index is 1.95. The van der Waals surface area contributed by atoms with E-state index < -0.39 is 0 Å². The number of aromatic nitrogens is 3. The highest BCUT2D eigenvalue weighted by Crippen LogP contribution is 2.32. The van der Waals surface area contributed by atoms with Gasteiger partial charge in [-0.25, -0.2) is 15.0 Å². The maximum atomic E-state index is 5.00. The van der Waals surface area contributed by atoms with Crippen LogP contribution in [0.15, 0.2) is 42.5 Å². The molecular weight excluding hydrogens is 306 g/mol. The number of aryl methyl sites for hydroxylation is 3. The van der Waals surface area contributed by atoms with Crippen molar-refractivity contribution in [1.82, 2.24) is 15.0 Å². The van der Waals surface area contributed by atoms with Crippen LogP contribution in [0.2, 0.25) is 0 Å². The molecule has 0 spiro atoms. The molecule has 1 aliphatic rings. The molecule has 4 rings (SSSR count). The third-order valence-electron chi connectivity index (χ3n) is 4.95. The van der Waals surface area contributed by atoms with E-state index >= 15 is 0 Å². The van der Waals surface area contributed by atoms with Crippen molar-refractivity contribution in [2.75, 3.05) is 0 Å². The van der Waals surface area contributed by atoms with Crippen molar-refractivity contribution in [2.45, 2.75) is 46.0 Å². The van der Waals surface area contributed by atoms with E-state index in [0.29, 0.717) is 0 Å². The van der Waals surface area contributed by atoms with Crippen LogP contribution in [0.1, 0.15) is 41.8 Å². The maximum absolute atomic E-state index is 5.00. The van der Waals surface area contributed by atoms with Gasteiger partial charge in [-0.3, -0.25) is 0 Å². The number of pyridine rings is 1. The second-order valence-electron chi connectivity index (χ2n) is 6.86. The molecule has 0 atom stereocenters. The third kappa shape index (κ3) is 3.19. The van der Waals surface area contributed by atoms with Gasteiger partial charge in [0, 0.05) is 22.5 Å². The molecular formula is C22H23N3. The van der Waals surface area contributed by atoms with Gasteiger partial charge in [-0.05, 0) is 57.2 Å². The van der Waals surface area contributed by atoms with Crippen molar-refractivity contribution >= 4 is 0 Å². The van der Waals surface area contributed by atoms with Gasteiger partial charge in [-0.2, -0.15) is 0 Å². The molecule has 0 aliphatic heterocycles. The van der Waals surface area contributed by atoms with Gasteiger partial charge in [-0.1, -0.05) is 36.8 Å². The Labute approximate surface area is 149 Å². The first kappa shape index (κ1) is 15.9. The summed E-state index contributed by atoms with van der Waals surface area (Å²) in [4.78, 5) is 14.6. The Kier molecular flexibility index (Phi) is 4.31. The average molecular weight is 329 g/mol. The molecule has 0 bridgehead atoms. The number of rotatable bonds is 2. The Bertz CT molecular complexity index is 915. The second kappa shape index (κ2) is 6.75. The summed E-state index contributed by atoms with van der Waals surface area (Å²) < 4.78 is 0. The fraction of sp³-hybridized carbons (Fsp3) is 0.318. The fourth-order valence-corrected chi connectivity index (χ4v) is 3.61. The van der Waals surface area contributed by atoms with E-state index in [0.717, 1.165) is 35.7 Å². The van der Waals surface area contributed by atoms with Crippen molar-refractivity contribution in [3.63, 3.8) is 0 Å². The van der Waals surface area contributed by atoms with Crippen molar-refractivity contribution < 1.29 is 0 Å². The van der Waals surface area contributed by atoms with Gasteiger partial charge in [0.1, 0.15) is 5.69 Å². The van der Waals surface area contributed by atoms with Crippen LogP contribution < -0.4 is 0 Å². The lowest BCUT2D eigenvalue weighted by atomic mass is 9.97. The average Bonchev–Trinajstić information content (AvgIpc) is 2.87. The molecule has 1 aliphatic carbocycles. The predicted octanol–water partition coefficient (Wildman–Crippen LogP) is 5.09. The summed E-state index contributed by atoms with van der Waals surface area (Å²) in [7, 11) is 0. The van der Waals surface area contributed by atoms with Crippen LogP contribution >= 0.6 is 0 Å². The molecule has 126 valence electrons. The Hall–Kier alpha value is -2.55. The first-order valence-corrected chi connectivity index (χ1v) is 9.12. The number of nitrogens with zero attached hydrogens (tertiary/aromatic N) is 3. The quantitative estimate of drug-likeness (QED) is 0.615. The molecule has 3 nitrogen and oxygen atoms in total. The summed E-state index contributed by atoms with van der Waals surface area (Å²) in [5.74, 6) is 0.752. The molecule has 3 heteroatoms. The highest BCUT2D eigenvalue weighted by atomic mass is 14.9.